The van der Waals surface area contributed by atoms with E-state index in [1.165, 1.54) is 5.56 Å². The average molecular weight is 416 g/mol. The number of fused-ring (bicyclic) bond motifs is 1. The van der Waals surface area contributed by atoms with Crippen molar-refractivity contribution >= 4 is 27.3 Å². The SMILES string of the molecule is O=C(CN1CCOCC1)Nc1ccc(NS(=O)(=O)c2ccc3c(c2)CCC3)cc1. The number of ether oxygens (including phenoxy) is 1. The van der Waals surface area contributed by atoms with Gasteiger partial charge in [-0.25, -0.2) is 8.42 Å². The minimum Gasteiger partial charge on any atom is -0.379 e. The van der Waals surface area contributed by atoms with Gasteiger partial charge in [0.2, 0.25) is 5.91 Å². The van der Waals surface area contributed by atoms with Crippen molar-refractivity contribution in [2.45, 2.75) is 24.2 Å². The maximum absolute atomic E-state index is 12.7. The monoisotopic (exact) mass is 415 g/mol. The topological polar surface area (TPSA) is 87.7 Å². The summed E-state index contributed by atoms with van der Waals surface area (Å²) in [5.74, 6) is -0.0987. The van der Waals surface area contributed by atoms with E-state index in [1.807, 2.05) is 11.0 Å². The van der Waals surface area contributed by atoms with E-state index in [0.29, 0.717) is 31.1 Å². The molecule has 4 rings (SSSR count). The highest BCUT2D eigenvalue weighted by Crippen LogP contribution is 2.26. The maximum atomic E-state index is 12.7. The number of morpholine rings is 1. The van der Waals surface area contributed by atoms with Gasteiger partial charge in [-0.3, -0.25) is 14.4 Å². The lowest BCUT2D eigenvalue weighted by Gasteiger charge is -2.25. The molecule has 1 amide bonds. The number of hydrogen-bond donors (Lipinski definition) is 2. The van der Waals surface area contributed by atoms with Crippen molar-refractivity contribution < 1.29 is 17.9 Å². The lowest BCUT2D eigenvalue weighted by atomic mass is 10.1. The molecule has 154 valence electrons. The van der Waals surface area contributed by atoms with Crippen molar-refractivity contribution in [3.8, 4) is 0 Å². The van der Waals surface area contributed by atoms with Gasteiger partial charge < -0.3 is 10.1 Å². The third kappa shape index (κ3) is 4.95. The summed E-state index contributed by atoms with van der Waals surface area (Å²) in [7, 11) is -3.65. The smallest absolute Gasteiger partial charge is 0.261 e. The van der Waals surface area contributed by atoms with Gasteiger partial charge in [0.15, 0.2) is 0 Å². The molecule has 8 heteroatoms. The molecule has 2 N–H and O–H groups in total. The number of aryl methyl sites for hydroxylation is 2. The van der Waals surface area contributed by atoms with Gasteiger partial charge in [0.25, 0.3) is 10.0 Å². The van der Waals surface area contributed by atoms with E-state index in [4.69, 9.17) is 4.74 Å². The number of carbonyl (C=O) groups excluding carboxylic acids is 1. The minimum atomic E-state index is -3.65. The predicted molar refractivity (Wildman–Crippen MR) is 112 cm³/mol. The number of amides is 1. The molecule has 0 unspecified atom stereocenters. The van der Waals surface area contributed by atoms with E-state index in [0.717, 1.165) is 37.9 Å². The summed E-state index contributed by atoms with van der Waals surface area (Å²) in [6, 6.07) is 12.0. The van der Waals surface area contributed by atoms with Crippen molar-refractivity contribution in [2.75, 3.05) is 42.9 Å². The second-order valence-electron chi connectivity index (χ2n) is 7.40. The van der Waals surface area contributed by atoms with Crippen LogP contribution in [0, 0.1) is 0 Å². The number of rotatable bonds is 6. The summed E-state index contributed by atoms with van der Waals surface area (Å²) in [5.41, 5.74) is 3.44. The van der Waals surface area contributed by atoms with Gasteiger partial charge in [-0.05, 0) is 66.8 Å². The Kier molecular flexibility index (Phi) is 5.84. The van der Waals surface area contributed by atoms with E-state index in [2.05, 4.69) is 10.0 Å². The highest BCUT2D eigenvalue weighted by molar-refractivity contribution is 7.92. The molecule has 1 aliphatic heterocycles. The molecule has 0 atom stereocenters. The van der Waals surface area contributed by atoms with Crippen molar-refractivity contribution in [1.82, 2.24) is 4.90 Å². The number of carbonyl (C=O) groups is 1. The largest absolute Gasteiger partial charge is 0.379 e. The van der Waals surface area contributed by atoms with E-state index in [9.17, 15) is 13.2 Å². The number of hydrogen-bond acceptors (Lipinski definition) is 5. The Hall–Kier alpha value is -2.42. The van der Waals surface area contributed by atoms with Crippen molar-refractivity contribution in [2.24, 2.45) is 0 Å². The van der Waals surface area contributed by atoms with E-state index >= 15 is 0 Å². The average Bonchev–Trinajstić information content (AvgIpc) is 3.18. The quantitative estimate of drug-likeness (QED) is 0.756. The van der Waals surface area contributed by atoms with E-state index in [-0.39, 0.29) is 10.8 Å². The zero-order valence-corrected chi connectivity index (χ0v) is 17.0. The molecule has 1 heterocycles. The Morgan fingerprint density at radius 2 is 1.66 bits per heavy atom. The van der Waals surface area contributed by atoms with Crippen molar-refractivity contribution in [3.63, 3.8) is 0 Å². The number of anilines is 2. The molecule has 1 aliphatic carbocycles. The zero-order valence-electron chi connectivity index (χ0n) is 16.2. The van der Waals surface area contributed by atoms with Crippen LogP contribution in [0.3, 0.4) is 0 Å². The van der Waals surface area contributed by atoms with Crippen molar-refractivity contribution in [3.05, 3.63) is 53.6 Å². The Bertz CT molecular complexity index is 983. The molecule has 0 spiro atoms. The summed E-state index contributed by atoms with van der Waals surface area (Å²) >= 11 is 0. The molecular weight excluding hydrogens is 390 g/mol. The van der Waals surface area contributed by atoms with Crippen LogP contribution in [0.15, 0.2) is 47.4 Å². The van der Waals surface area contributed by atoms with E-state index < -0.39 is 10.0 Å². The van der Waals surface area contributed by atoms with Gasteiger partial charge in [-0.1, -0.05) is 6.07 Å². The molecule has 2 aliphatic rings. The number of sulfonamides is 1. The summed E-state index contributed by atoms with van der Waals surface area (Å²) in [4.78, 5) is 14.5. The van der Waals surface area contributed by atoms with Crippen molar-refractivity contribution in [1.29, 1.82) is 0 Å². The molecule has 1 fully saturated rings. The van der Waals surface area contributed by atoms with Gasteiger partial charge in [-0.2, -0.15) is 0 Å². The molecule has 7 nitrogen and oxygen atoms in total. The van der Waals surface area contributed by atoms with Gasteiger partial charge in [0, 0.05) is 24.5 Å². The molecule has 0 radical (unpaired) electrons. The normalized spacial score (nSPS) is 17.0. The van der Waals surface area contributed by atoms with Gasteiger partial charge in [-0.15, -0.1) is 0 Å². The number of benzene rings is 2. The first-order chi connectivity index (χ1) is 14.0. The van der Waals surface area contributed by atoms with Gasteiger partial charge in [0.1, 0.15) is 0 Å². The first kappa shape index (κ1) is 19.9. The highest BCUT2D eigenvalue weighted by Gasteiger charge is 2.19. The van der Waals surface area contributed by atoms with Crippen LogP contribution < -0.4 is 10.0 Å². The number of nitrogens with one attached hydrogen (secondary N) is 2. The molecule has 2 aromatic rings. The highest BCUT2D eigenvalue weighted by atomic mass is 32.2. The molecule has 0 aromatic heterocycles. The fourth-order valence-corrected chi connectivity index (χ4v) is 4.82. The summed E-state index contributed by atoms with van der Waals surface area (Å²) < 4.78 is 33.3. The second kappa shape index (κ2) is 8.52. The third-order valence-electron chi connectivity index (χ3n) is 5.27. The molecule has 1 saturated heterocycles. The zero-order chi connectivity index (χ0) is 20.3. The lowest BCUT2D eigenvalue weighted by molar-refractivity contribution is -0.118. The fourth-order valence-electron chi connectivity index (χ4n) is 3.71. The van der Waals surface area contributed by atoms with Crippen LogP contribution in [-0.2, 0) is 32.4 Å². The summed E-state index contributed by atoms with van der Waals surface area (Å²) in [6.45, 7) is 3.10. The molecular formula is C21H25N3O4S. The molecule has 29 heavy (non-hydrogen) atoms. The molecule has 0 saturated carbocycles. The van der Waals surface area contributed by atoms with Crippen LogP contribution in [-0.4, -0.2) is 52.1 Å². The Morgan fingerprint density at radius 3 is 2.41 bits per heavy atom. The first-order valence-electron chi connectivity index (χ1n) is 9.84. The van der Waals surface area contributed by atoms with Crippen LogP contribution in [0.4, 0.5) is 11.4 Å². The maximum Gasteiger partial charge on any atom is 0.261 e. The Balaban J connectivity index is 1.36. The molecule has 2 aromatic carbocycles. The first-order valence-corrected chi connectivity index (χ1v) is 11.3. The van der Waals surface area contributed by atoms with E-state index in [1.54, 1.807) is 36.4 Å². The van der Waals surface area contributed by atoms with Crippen LogP contribution >= 0.6 is 0 Å². The predicted octanol–water partition coefficient (Wildman–Crippen LogP) is 2.25. The van der Waals surface area contributed by atoms with Gasteiger partial charge >= 0.3 is 0 Å². The Labute approximate surface area is 171 Å². The Morgan fingerprint density at radius 1 is 0.966 bits per heavy atom. The number of nitrogens with zero attached hydrogens (tertiary/aromatic N) is 1. The minimum absolute atomic E-state index is 0.0987. The second-order valence-corrected chi connectivity index (χ2v) is 9.09. The van der Waals surface area contributed by atoms with Crippen LogP contribution in [0.2, 0.25) is 0 Å². The molecule has 0 bridgehead atoms. The van der Waals surface area contributed by atoms with Gasteiger partial charge in [0.05, 0.1) is 24.7 Å². The van der Waals surface area contributed by atoms with Crippen LogP contribution in [0.5, 0.6) is 0 Å². The fraction of sp³-hybridized carbons (Fsp3) is 0.381. The van der Waals surface area contributed by atoms with Crippen LogP contribution in [0.25, 0.3) is 0 Å². The third-order valence-corrected chi connectivity index (χ3v) is 6.65. The summed E-state index contributed by atoms with van der Waals surface area (Å²) in [6.07, 6.45) is 3.02. The lowest BCUT2D eigenvalue weighted by Crippen LogP contribution is -2.41. The van der Waals surface area contributed by atoms with Crippen LogP contribution in [0.1, 0.15) is 17.5 Å². The standard InChI is InChI=1S/C21H25N3O4S/c25-21(15-24-10-12-28-13-11-24)22-18-5-7-19(8-6-18)23-29(26,27)20-9-4-16-2-1-3-17(16)14-20/h4-9,14,23H,1-3,10-13,15H2,(H,22,25). The summed E-state index contributed by atoms with van der Waals surface area (Å²) in [5, 5.41) is 2.84.